The Morgan fingerprint density at radius 2 is 2.13 bits per heavy atom. The number of nitrogens with one attached hydrogen (secondary N) is 1. The Morgan fingerprint density at radius 1 is 1.47 bits per heavy atom. The molecule has 1 N–H and O–H groups in total. The van der Waals surface area contributed by atoms with Crippen LogP contribution in [0.5, 0.6) is 0 Å². The second kappa shape index (κ2) is 4.80. The van der Waals surface area contributed by atoms with Crippen molar-refractivity contribution in [1.29, 1.82) is 0 Å². The van der Waals surface area contributed by atoms with Gasteiger partial charge in [-0.2, -0.15) is 0 Å². The average molecular weight is 234 g/mol. The molecule has 5 heteroatoms. The van der Waals surface area contributed by atoms with Gasteiger partial charge in [0.1, 0.15) is 9.84 Å². The van der Waals surface area contributed by atoms with Crippen LogP contribution in [0.25, 0.3) is 0 Å². The van der Waals surface area contributed by atoms with Crippen LogP contribution in [0.15, 0.2) is 0 Å². The molecule has 0 aromatic rings. The molecule has 4 nitrogen and oxygen atoms in total. The Labute approximate surface area is 93.0 Å². The van der Waals surface area contributed by atoms with Gasteiger partial charge in [-0.3, -0.25) is 0 Å². The molecule has 0 aliphatic carbocycles. The highest BCUT2D eigenvalue weighted by atomic mass is 32.2. The Kier molecular flexibility index (Phi) is 4.14. The summed E-state index contributed by atoms with van der Waals surface area (Å²) in [7, 11) is -0.835. The second-order valence-electron chi connectivity index (χ2n) is 5.11. The van der Waals surface area contributed by atoms with Gasteiger partial charge in [-0.25, -0.2) is 8.42 Å². The number of nitrogens with zero attached hydrogens (tertiary/aromatic N) is 1. The summed E-state index contributed by atoms with van der Waals surface area (Å²) in [5, 5.41) is 3.35. The van der Waals surface area contributed by atoms with E-state index < -0.39 is 9.84 Å². The van der Waals surface area contributed by atoms with Gasteiger partial charge in [0.15, 0.2) is 0 Å². The molecule has 0 spiro atoms. The maximum absolute atomic E-state index is 11.0. The van der Waals surface area contributed by atoms with E-state index in [1.807, 2.05) is 7.05 Å². The van der Waals surface area contributed by atoms with Crippen LogP contribution < -0.4 is 5.32 Å². The maximum atomic E-state index is 11.0. The molecule has 1 unspecified atom stereocenters. The van der Waals surface area contributed by atoms with Gasteiger partial charge in [0.05, 0.1) is 5.75 Å². The van der Waals surface area contributed by atoms with Crippen LogP contribution in [0.3, 0.4) is 0 Å². The second-order valence-corrected chi connectivity index (χ2v) is 7.36. The molecule has 0 aromatic heterocycles. The highest BCUT2D eigenvalue weighted by molar-refractivity contribution is 7.90. The summed E-state index contributed by atoms with van der Waals surface area (Å²) < 4.78 is 22.0. The summed E-state index contributed by atoms with van der Waals surface area (Å²) in [6.07, 6.45) is 2.47. The fourth-order valence-electron chi connectivity index (χ4n) is 2.06. The van der Waals surface area contributed by atoms with Gasteiger partial charge in [-0.1, -0.05) is 6.92 Å². The van der Waals surface area contributed by atoms with Crippen molar-refractivity contribution >= 4 is 9.84 Å². The van der Waals surface area contributed by atoms with Gasteiger partial charge in [0, 0.05) is 25.9 Å². The largest absolute Gasteiger partial charge is 0.316 e. The van der Waals surface area contributed by atoms with Crippen molar-refractivity contribution in [3.63, 3.8) is 0 Å². The van der Waals surface area contributed by atoms with Gasteiger partial charge in [-0.05, 0) is 25.4 Å². The summed E-state index contributed by atoms with van der Waals surface area (Å²) >= 11 is 0. The normalized spacial score (nSPS) is 27.5. The number of rotatable bonds is 5. The molecule has 0 radical (unpaired) electrons. The van der Waals surface area contributed by atoms with E-state index in [0.717, 1.165) is 19.6 Å². The lowest BCUT2D eigenvalue weighted by Gasteiger charge is -2.28. The van der Waals surface area contributed by atoms with Gasteiger partial charge >= 0.3 is 0 Å². The summed E-state index contributed by atoms with van der Waals surface area (Å²) in [5.41, 5.74) is 0.312. The monoisotopic (exact) mass is 234 g/mol. The van der Waals surface area contributed by atoms with Crippen molar-refractivity contribution in [3.05, 3.63) is 0 Å². The molecule has 15 heavy (non-hydrogen) atoms. The van der Waals surface area contributed by atoms with Crippen molar-refractivity contribution in [3.8, 4) is 0 Å². The SMILES string of the molecule is CN(CCS(C)(=O)=O)CC1(C)CCNC1. The maximum Gasteiger partial charge on any atom is 0.148 e. The van der Waals surface area contributed by atoms with Gasteiger partial charge in [0.2, 0.25) is 0 Å². The molecular formula is C10H22N2O2S. The Morgan fingerprint density at radius 3 is 2.60 bits per heavy atom. The van der Waals surface area contributed by atoms with Crippen molar-refractivity contribution in [2.75, 3.05) is 45.2 Å². The van der Waals surface area contributed by atoms with E-state index in [1.165, 1.54) is 12.7 Å². The van der Waals surface area contributed by atoms with E-state index in [-0.39, 0.29) is 5.75 Å². The fourth-order valence-corrected chi connectivity index (χ4v) is 2.70. The molecule has 1 saturated heterocycles. The van der Waals surface area contributed by atoms with E-state index >= 15 is 0 Å². The Bertz CT molecular complexity index is 295. The van der Waals surface area contributed by atoms with Crippen LogP contribution in [0, 0.1) is 5.41 Å². The molecule has 1 fully saturated rings. The Balaban J connectivity index is 2.32. The lowest BCUT2D eigenvalue weighted by Crippen LogP contribution is -2.37. The first-order valence-corrected chi connectivity index (χ1v) is 7.44. The summed E-state index contributed by atoms with van der Waals surface area (Å²) in [4.78, 5) is 2.12. The minimum absolute atomic E-state index is 0.257. The third kappa shape index (κ3) is 4.95. The first kappa shape index (κ1) is 12.9. The van der Waals surface area contributed by atoms with E-state index in [9.17, 15) is 8.42 Å². The van der Waals surface area contributed by atoms with Crippen molar-refractivity contribution in [2.24, 2.45) is 5.41 Å². The van der Waals surface area contributed by atoms with Crippen LogP contribution in [0.4, 0.5) is 0 Å². The van der Waals surface area contributed by atoms with E-state index in [2.05, 4.69) is 17.1 Å². The first-order valence-electron chi connectivity index (χ1n) is 5.38. The molecule has 1 aliphatic heterocycles. The molecule has 90 valence electrons. The van der Waals surface area contributed by atoms with Crippen LogP contribution >= 0.6 is 0 Å². The van der Waals surface area contributed by atoms with Gasteiger partial charge in [-0.15, -0.1) is 0 Å². The zero-order valence-corrected chi connectivity index (χ0v) is 10.7. The zero-order valence-electron chi connectivity index (χ0n) is 9.91. The molecular weight excluding hydrogens is 212 g/mol. The highest BCUT2D eigenvalue weighted by Crippen LogP contribution is 2.24. The van der Waals surface area contributed by atoms with E-state index in [4.69, 9.17) is 0 Å². The molecule has 1 atom stereocenters. The molecule has 0 bridgehead atoms. The standard InChI is InChI=1S/C10H22N2O2S/c1-10(4-5-11-8-10)9-12(2)6-7-15(3,13)14/h11H,4-9H2,1-3H3. The minimum atomic E-state index is -2.83. The number of hydrogen-bond donors (Lipinski definition) is 1. The summed E-state index contributed by atoms with van der Waals surface area (Å²) in [6, 6.07) is 0. The quantitative estimate of drug-likeness (QED) is 0.725. The van der Waals surface area contributed by atoms with Crippen molar-refractivity contribution in [1.82, 2.24) is 10.2 Å². The smallest absolute Gasteiger partial charge is 0.148 e. The van der Waals surface area contributed by atoms with Crippen LogP contribution in [0.1, 0.15) is 13.3 Å². The lowest BCUT2D eigenvalue weighted by atomic mass is 9.89. The molecule has 0 saturated carbocycles. The van der Waals surface area contributed by atoms with Crippen LogP contribution in [-0.4, -0.2) is 58.6 Å². The van der Waals surface area contributed by atoms with Gasteiger partial charge < -0.3 is 10.2 Å². The van der Waals surface area contributed by atoms with Crippen LogP contribution in [-0.2, 0) is 9.84 Å². The predicted octanol–water partition coefficient (Wildman–Crippen LogP) is -0.0376. The third-order valence-corrected chi connectivity index (χ3v) is 3.88. The average Bonchev–Trinajstić information content (AvgIpc) is 2.47. The summed E-state index contributed by atoms with van der Waals surface area (Å²) in [6.45, 7) is 5.97. The van der Waals surface area contributed by atoms with Crippen molar-refractivity contribution < 1.29 is 8.42 Å². The first-order chi connectivity index (χ1) is 6.81. The zero-order chi connectivity index (χ0) is 11.5. The summed E-state index contributed by atoms with van der Waals surface area (Å²) in [5.74, 6) is 0.257. The Hall–Kier alpha value is -0.130. The number of sulfone groups is 1. The molecule has 0 amide bonds. The highest BCUT2D eigenvalue weighted by Gasteiger charge is 2.29. The third-order valence-electron chi connectivity index (χ3n) is 2.95. The number of hydrogen-bond acceptors (Lipinski definition) is 4. The van der Waals surface area contributed by atoms with E-state index in [1.54, 1.807) is 0 Å². The van der Waals surface area contributed by atoms with Crippen LogP contribution in [0.2, 0.25) is 0 Å². The molecule has 1 aliphatic rings. The van der Waals surface area contributed by atoms with Crippen molar-refractivity contribution in [2.45, 2.75) is 13.3 Å². The van der Waals surface area contributed by atoms with Gasteiger partial charge in [0.25, 0.3) is 0 Å². The molecule has 0 aromatic carbocycles. The molecule has 1 heterocycles. The topological polar surface area (TPSA) is 49.4 Å². The van der Waals surface area contributed by atoms with E-state index in [0.29, 0.717) is 12.0 Å². The minimum Gasteiger partial charge on any atom is -0.316 e. The molecule has 1 rings (SSSR count). The predicted molar refractivity (Wildman–Crippen MR) is 62.8 cm³/mol. The fraction of sp³-hybridized carbons (Fsp3) is 1.00. The lowest BCUT2D eigenvalue weighted by molar-refractivity contribution is 0.217.